The Bertz CT molecular complexity index is 831. The van der Waals surface area contributed by atoms with Gasteiger partial charge in [-0.05, 0) is 50.1 Å². The molecule has 1 aliphatic heterocycles. The number of nitrogens with one attached hydrogen (secondary N) is 1. The molecule has 7 heteroatoms. The Morgan fingerprint density at radius 1 is 1.18 bits per heavy atom. The van der Waals surface area contributed by atoms with Crippen molar-refractivity contribution >= 4 is 17.7 Å². The molecule has 2 amide bonds. The van der Waals surface area contributed by atoms with E-state index < -0.39 is 23.8 Å². The number of rotatable bonds is 3. The first-order valence-corrected chi connectivity index (χ1v) is 9.22. The van der Waals surface area contributed by atoms with E-state index in [1.165, 1.54) is 4.90 Å². The van der Waals surface area contributed by atoms with Gasteiger partial charge in [0.25, 0.3) is 0 Å². The van der Waals surface area contributed by atoms with Crippen LogP contribution in [-0.2, 0) is 9.53 Å². The molecule has 2 heterocycles. The van der Waals surface area contributed by atoms with Gasteiger partial charge in [0.2, 0.25) is 5.91 Å². The Morgan fingerprint density at radius 3 is 2.50 bits per heavy atom. The minimum atomic E-state index is -0.775. The SMILES string of the molecule is CC(C)(C)OC(=O)N1C[C@@H](O)C[C@@H]1C(=O)Nc1ccc(-c2cccnc2)cc1. The van der Waals surface area contributed by atoms with Crippen molar-refractivity contribution in [3.05, 3.63) is 48.8 Å². The Labute approximate surface area is 164 Å². The maximum absolute atomic E-state index is 12.7. The van der Waals surface area contributed by atoms with Gasteiger partial charge in [-0.15, -0.1) is 0 Å². The number of nitrogens with zero attached hydrogens (tertiary/aromatic N) is 2. The van der Waals surface area contributed by atoms with E-state index in [4.69, 9.17) is 4.74 Å². The summed E-state index contributed by atoms with van der Waals surface area (Å²) in [5.74, 6) is -0.350. The zero-order chi connectivity index (χ0) is 20.3. The number of hydrogen-bond donors (Lipinski definition) is 2. The zero-order valence-electron chi connectivity index (χ0n) is 16.3. The van der Waals surface area contributed by atoms with E-state index in [1.54, 1.807) is 45.3 Å². The lowest BCUT2D eigenvalue weighted by molar-refractivity contribution is -0.120. The maximum atomic E-state index is 12.7. The first-order chi connectivity index (χ1) is 13.2. The summed E-state index contributed by atoms with van der Waals surface area (Å²) in [6.07, 6.45) is 2.31. The van der Waals surface area contributed by atoms with Crippen LogP contribution in [0.25, 0.3) is 11.1 Å². The number of aromatic nitrogens is 1. The number of ether oxygens (including phenoxy) is 1. The minimum absolute atomic E-state index is 0.0763. The third-order valence-electron chi connectivity index (χ3n) is 4.36. The van der Waals surface area contributed by atoms with Crippen LogP contribution >= 0.6 is 0 Å². The predicted octanol–water partition coefficient (Wildman–Crippen LogP) is 3.06. The van der Waals surface area contributed by atoms with E-state index in [9.17, 15) is 14.7 Å². The van der Waals surface area contributed by atoms with Gasteiger partial charge in [-0.1, -0.05) is 18.2 Å². The summed E-state index contributed by atoms with van der Waals surface area (Å²) in [7, 11) is 0. The summed E-state index contributed by atoms with van der Waals surface area (Å²) in [4.78, 5) is 30.5. The molecule has 148 valence electrons. The summed E-state index contributed by atoms with van der Waals surface area (Å²) >= 11 is 0. The van der Waals surface area contributed by atoms with Crippen molar-refractivity contribution in [2.45, 2.75) is 44.9 Å². The number of hydrogen-bond acceptors (Lipinski definition) is 5. The molecular weight excluding hydrogens is 358 g/mol. The molecular formula is C21H25N3O4. The fourth-order valence-corrected chi connectivity index (χ4v) is 3.09. The number of pyridine rings is 1. The van der Waals surface area contributed by atoms with Crippen molar-refractivity contribution < 1.29 is 19.4 Å². The molecule has 1 aromatic heterocycles. The van der Waals surface area contributed by atoms with Crippen molar-refractivity contribution in [3.63, 3.8) is 0 Å². The molecule has 2 N–H and O–H groups in total. The van der Waals surface area contributed by atoms with E-state index in [-0.39, 0.29) is 18.9 Å². The molecule has 1 aliphatic rings. The number of β-amino-alcohol motifs (C(OH)–C–C–N with tert-alkyl or cyclic N) is 1. The molecule has 2 atom stereocenters. The molecule has 1 aromatic carbocycles. The summed E-state index contributed by atoms with van der Waals surface area (Å²) < 4.78 is 5.36. The van der Waals surface area contributed by atoms with Crippen LogP contribution in [0.4, 0.5) is 10.5 Å². The molecule has 1 saturated heterocycles. The quantitative estimate of drug-likeness (QED) is 0.850. The average Bonchev–Trinajstić information content (AvgIpc) is 3.04. The summed E-state index contributed by atoms with van der Waals surface area (Å²) in [5.41, 5.74) is 1.91. The predicted molar refractivity (Wildman–Crippen MR) is 106 cm³/mol. The van der Waals surface area contributed by atoms with Crippen LogP contribution in [-0.4, -0.2) is 51.3 Å². The van der Waals surface area contributed by atoms with E-state index in [0.717, 1.165) is 11.1 Å². The Hall–Kier alpha value is -2.93. The van der Waals surface area contributed by atoms with Gasteiger partial charge in [0.1, 0.15) is 11.6 Å². The molecule has 2 aromatic rings. The third kappa shape index (κ3) is 4.86. The fraction of sp³-hybridized carbons (Fsp3) is 0.381. The number of amides is 2. The number of carbonyl (C=O) groups excluding carboxylic acids is 2. The molecule has 3 rings (SSSR count). The first-order valence-electron chi connectivity index (χ1n) is 9.22. The van der Waals surface area contributed by atoms with E-state index in [1.807, 2.05) is 24.3 Å². The third-order valence-corrected chi connectivity index (χ3v) is 4.36. The van der Waals surface area contributed by atoms with Gasteiger partial charge in [0.15, 0.2) is 0 Å². The molecule has 1 fully saturated rings. The second-order valence-corrected chi connectivity index (χ2v) is 7.85. The highest BCUT2D eigenvalue weighted by Gasteiger charge is 2.40. The lowest BCUT2D eigenvalue weighted by Crippen LogP contribution is -2.45. The van der Waals surface area contributed by atoms with Crippen LogP contribution < -0.4 is 5.32 Å². The summed E-state index contributed by atoms with van der Waals surface area (Å²) in [6.45, 7) is 5.36. The van der Waals surface area contributed by atoms with Gasteiger partial charge in [-0.2, -0.15) is 0 Å². The summed E-state index contributed by atoms with van der Waals surface area (Å²) in [6, 6.07) is 10.4. The van der Waals surface area contributed by atoms with Gasteiger partial charge < -0.3 is 15.2 Å². The lowest BCUT2D eigenvalue weighted by atomic mass is 10.1. The minimum Gasteiger partial charge on any atom is -0.444 e. The number of likely N-dealkylation sites (tertiary alicyclic amines) is 1. The van der Waals surface area contributed by atoms with E-state index in [0.29, 0.717) is 5.69 Å². The molecule has 0 spiro atoms. The largest absolute Gasteiger partial charge is 0.444 e. The van der Waals surface area contributed by atoms with Gasteiger partial charge in [-0.3, -0.25) is 14.7 Å². The standard InChI is InChI=1S/C21H25N3O4/c1-21(2,3)28-20(27)24-13-17(25)11-18(24)19(26)23-16-8-6-14(7-9-16)15-5-4-10-22-12-15/h4-10,12,17-18,25H,11,13H2,1-3H3,(H,23,26)/t17-,18+/m0/s1. The van der Waals surface area contributed by atoms with Gasteiger partial charge >= 0.3 is 6.09 Å². The van der Waals surface area contributed by atoms with E-state index >= 15 is 0 Å². The number of benzene rings is 1. The van der Waals surface area contributed by atoms with Crippen molar-refractivity contribution in [2.24, 2.45) is 0 Å². The fourth-order valence-electron chi connectivity index (χ4n) is 3.09. The van der Waals surface area contributed by atoms with Crippen molar-refractivity contribution in [1.29, 1.82) is 0 Å². The van der Waals surface area contributed by atoms with Crippen molar-refractivity contribution in [2.75, 3.05) is 11.9 Å². The zero-order valence-corrected chi connectivity index (χ0v) is 16.3. The molecule has 0 radical (unpaired) electrons. The lowest BCUT2D eigenvalue weighted by Gasteiger charge is -2.27. The Kier molecular flexibility index (Phi) is 5.65. The number of aliphatic hydroxyl groups is 1. The van der Waals surface area contributed by atoms with Gasteiger partial charge in [-0.25, -0.2) is 4.79 Å². The van der Waals surface area contributed by atoms with Crippen LogP contribution in [0.5, 0.6) is 0 Å². The number of aliphatic hydroxyl groups excluding tert-OH is 1. The number of carbonyl (C=O) groups is 2. The van der Waals surface area contributed by atoms with Gasteiger partial charge in [0.05, 0.1) is 12.6 Å². The molecule has 0 saturated carbocycles. The van der Waals surface area contributed by atoms with Gasteiger partial charge in [0, 0.05) is 24.5 Å². The van der Waals surface area contributed by atoms with Crippen molar-refractivity contribution in [1.82, 2.24) is 9.88 Å². The molecule has 0 unspecified atom stereocenters. The van der Waals surface area contributed by atoms with E-state index in [2.05, 4.69) is 10.3 Å². The molecule has 0 bridgehead atoms. The van der Waals surface area contributed by atoms with Crippen LogP contribution in [0, 0.1) is 0 Å². The van der Waals surface area contributed by atoms with Crippen molar-refractivity contribution in [3.8, 4) is 11.1 Å². The number of anilines is 1. The normalized spacial score (nSPS) is 19.4. The van der Waals surface area contributed by atoms with Crippen LogP contribution in [0.3, 0.4) is 0 Å². The topological polar surface area (TPSA) is 91.8 Å². The molecule has 7 nitrogen and oxygen atoms in total. The Balaban J connectivity index is 1.68. The smallest absolute Gasteiger partial charge is 0.411 e. The summed E-state index contributed by atoms with van der Waals surface area (Å²) in [5, 5.41) is 12.8. The van der Waals surface area contributed by atoms with Crippen LogP contribution in [0.2, 0.25) is 0 Å². The molecule has 0 aliphatic carbocycles. The Morgan fingerprint density at radius 2 is 1.89 bits per heavy atom. The van der Waals surface area contributed by atoms with Crippen LogP contribution in [0.1, 0.15) is 27.2 Å². The maximum Gasteiger partial charge on any atom is 0.411 e. The average molecular weight is 383 g/mol. The van der Waals surface area contributed by atoms with Crippen LogP contribution in [0.15, 0.2) is 48.8 Å². The highest BCUT2D eigenvalue weighted by molar-refractivity contribution is 5.97. The monoisotopic (exact) mass is 383 g/mol. The second-order valence-electron chi connectivity index (χ2n) is 7.85. The first kappa shape index (κ1) is 19.8. The highest BCUT2D eigenvalue weighted by Crippen LogP contribution is 2.24. The highest BCUT2D eigenvalue weighted by atomic mass is 16.6. The second kappa shape index (κ2) is 7.98. The molecule has 28 heavy (non-hydrogen) atoms.